The van der Waals surface area contributed by atoms with Crippen molar-refractivity contribution in [2.45, 2.75) is 56.5 Å². The summed E-state index contributed by atoms with van der Waals surface area (Å²) in [5.74, 6) is 1.15. The first kappa shape index (κ1) is 16.5. The van der Waals surface area contributed by atoms with E-state index in [1.165, 1.54) is 24.0 Å². The van der Waals surface area contributed by atoms with E-state index >= 15 is 0 Å². The molecule has 1 saturated carbocycles. The van der Waals surface area contributed by atoms with Gasteiger partial charge in [0.05, 0.1) is 0 Å². The molecule has 5 heteroatoms. The minimum atomic E-state index is -0.287. The number of fused-ring (bicyclic) bond motifs is 1. The Morgan fingerprint density at radius 3 is 2.84 bits per heavy atom. The normalized spacial score (nSPS) is 14.6. The second kappa shape index (κ2) is 6.37. The lowest BCUT2D eigenvalue weighted by Gasteiger charge is -2.13. The third kappa shape index (κ3) is 3.25. The molecule has 1 aromatic carbocycles. The molecule has 0 bridgehead atoms. The van der Waals surface area contributed by atoms with Gasteiger partial charge in [0.25, 0.3) is 0 Å². The van der Waals surface area contributed by atoms with Crippen LogP contribution in [-0.2, 0) is 5.75 Å². The summed E-state index contributed by atoms with van der Waals surface area (Å²) < 4.78 is 7.69. The Bertz CT molecular complexity index is 983. The van der Waals surface area contributed by atoms with Gasteiger partial charge in [-0.05, 0) is 54.5 Å². The van der Waals surface area contributed by atoms with Crippen molar-refractivity contribution < 1.29 is 4.42 Å². The van der Waals surface area contributed by atoms with Gasteiger partial charge in [-0.25, -0.2) is 9.78 Å². The predicted octanol–water partition coefficient (Wildman–Crippen LogP) is 5.05. The van der Waals surface area contributed by atoms with Gasteiger partial charge in [0.2, 0.25) is 0 Å². The van der Waals surface area contributed by atoms with Gasteiger partial charge in [-0.15, -0.1) is 0 Å². The van der Waals surface area contributed by atoms with Crippen LogP contribution in [0.1, 0.15) is 55.3 Å². The smallest absolute Gasteiger partial charge is 0.336 e. The molecule has 25 heavy (non-hydrogen) atoms. The molecule has 2 heterocycles. The van der Waals surface area contributed by atoms with Gasteiger partial charge in [0, 0.05) is 35.6 Å². The van der Waals surface area contributed by atoms with Crippen LogP contribution in [-0.4, -0.2) is 9.55 Å². The third-order valence-electron chi connectivity index (χ3n) is 4.77. The maximum Gasteiger partial charge on any atom is 0.336 e. The van der Waals surface area contributed by atoms with Crippen molar-refractivity contribution in [1.82, 2.24) is 9.55 Å². The Hall–Kier alpha value is -2.01. The van der Waals surface area contributed by atoms with Crippen molar-refractivity contribution in [2.75, 3.05) is 0 Å². The summed E-state index contributed by atoms with van der Waals surface area (Å²) in [6, 6.07) is 6.41. The first-order valence-corrected chi connectivity index (χ1v) is 9.74. The van der Waals surface area contributed by atoms with Gasteiger partial charge in [-0.2, -0.15) is 0 Å². The van der Waals surface area contributed by atoms with E-state index in [1.54, 1.807) is 17.8 Å². The summed E-state index contributed by atoms with van der Waals surface area (Å²) >= 11 is 1.69. The average molecular weight is 354 g/mol. The first-order chi connectivity index (χ1) is 12.0. The number of benzene rings is 1. The molecule has 0 unspecified atom stereocenters. The maximum absolute atomic E-state index is 12.0. The van der Waals surface area contributed by atoms with E-state index in [0.29, 0.717) is 23.3 Å². The molecule has 0 radical (unpaired) electrons. The summed E-state index contributed by atoms with van der Waals surface area (Å²) in [5, 5.41) is 2.06. The van der Waals surface area contributed by atoms with E-state index in [1.807, 2.05) is 12.3 Å². The SMILES string of the molecule is Cc1cc2oc(=O)cc(CSc3nccn3C3CC3)c2cc1C(C)C. The molecule has 0 amide bonds. The molecule has 4 rings (SSSR count). The molecule has 0 N–H and O–H groups in total. The number of hydrogen-bond donors (Lipinski definition) is 0. The van der Waals surface area contributed by atoms with Crippen LogP contribution in [0.2, 0.25) is 0 Å². The van der Waals surface area contributed by atoms with Gasteiger partial charge in [0.15, 0.2) is 5.16 Å². The molecule has 1 aliphatic carbocycles. The standard InChI is InChI=1S/C20H22N2O2S/c1-12(2)16-10-17-14(9-19(23)24-18(17)8-13(16)3)11-25-20-21-6-7-22(20)15-4-5-15/h6-10,12,15H,4-5,11H2,1-3H3. The van der Waals surface area contributed by atoms with Gasteiger partial charge in [-0.3, -0.25) is 0 Å². The van der Waals surface area contributed by atoms with Gasteiger partial charge < -0.3 is 8.98 Å². The Morgan fingerprint density at radius 1 is 1.32 bits per heavy atom. The molecule has 0 spiro atoms. The monoisotopic (exact) mass is 354 g/mol. The molecule has 1 fully saturated rings. The van der Waals surface area contributed by atoms with Crippen LogP contribution in [0.15, 0.2) is 45.0 Å². The van der Waals surface area contributed by atoms with E-state index in [0.717, 1.165) is 16.1 Å². The van der Waals surface area contributed by atoms with Gasteiger partial charge in [0.1, 0.15) is 5.58 Å². The molecule has 0 aliphatic heterocycles. The maximum atomic E-state index is 12.0. The summed E-state index contributed by atoms with van der Waals surface area (Å²) in [4.78, 5) is 16.5. The third-order valence-corrected chi connectivity index (χ3v) is 5.80. The van der Waals surface area contributed by atoms with Gasteiger partial charge in [-0.1, -0.05) is 25.6 Å². The Balaban J connectivity index is 1.71. The second-order valence-electron chi connectivity index (χ2n) is 7.09. The van der Waals surface area contributed by atoms with Crippen molar-refractivity contribution in [1.29, 1.82) is 0 Å². The predicted molar refractivity (Wildman–Crippen MR) is 101 cm³/mol. The Kier molecular flexibility index (Phi) is 4.20. The van der Waals surface area contributed by atoms with E-state index in [2.05, 4.69) is 42.6 Å². The first-order valence-electron chi connectivity index (χ1n) is 8.76. The summed E-state index contributed by atoms with van der Waals surface area (Å²) in [5.41, 5.74) is 3.87. The van der Waals surface area contributed by atoms with Crippen LogP contribution in [0.4, 0.5) is 0 Å². The number of thioether (sulfide) groups is 1. The number of rotatable bonds is 5. The zero-order chi connectivity index (χ0) is 17.6. The van der Waals surface area contributed by atoms with Crippen LogP contribution >= 0.6 is 11.8 Å². The lowest BCUT2D eigenvalue weighted by Crippen LogP contribution is -2.02. The fraction of sp³-hybridized carbons (Fsp3) is 0.400. The lowest BCUT2D eigenvalue weighted by molar-refractivity contribution is 0.559. The molecule has 1 aliphatic rings. The summed E-state index contributed by atoms with van der Waals surface area (Å²) in [6.07, 6.45) is 6.38. The minimum absolute atomic E-state index is 0.287. The van der Waals surface area contributed by atoms with E-state index in [-0.39, 0.29) is 5.63 Å². The quantitative estimate of drug-likeness (QED) is 0.475. The van der Waals surface area contributed by atoms with Crippen LogP contribution in [0.3, 0.4) is 0 Å². The van der Waals surface area contributed by atoms with E-state index < -0.39 is 0 Å². The molecule has 2 aromatic heterocycles. The Labute approximate surface area is 151 Å². The van der Waals surface area contributed by atoms with Crippen molar-refractivity contribution >= 4 is 22.7 Å². The largest absolute Gasteiger partial charge is 0.423 e. The highest BCUT2D eigenvalue weighted by atomic mass is 32.2. The van der Waals surface area contributed by atoms with Gasteiger partial charge >= 0.3 is 5.63 Å². The van der Waals surface area contributed by atoms with Crippen LogP contribution < -0.4 is 5.63 Å². The molecular formula is C20H22N2O2S. The number of hydrogen-bond acceptors (Lipinski definition) is 4. The number of aromatic nitrogens is 2. The van der Waals surface area contributed by atoms with Crippen LogP contribution in [0, 0.1) is 6.92 Å². The number of aryl methyl sites for hydroxylation is 1. The zero-order valence-corrected chi connectivity index (χ0v) is 15.6. The second-order valence-corrected chi connectivity index (χ2v) is 8.03. The highest BCUT2D eigenvalue weighted by molar-refractivity contribution is 7.98. The van der Waals surface area contributed by atoms with Crippen LogP contribution in [0.25, 0.3) is 11.0 Å². The van der Waals surface area contributed by atoms with Crippen molar-refractivity contribution in [3.8, 4) is 0 Å². The van der Waals surface area contributed by atoms with E-state index in [4.69, 9.17) is 4.42 Å². The molecule has 4 nitrogen and oxygen atoms in total. The Morgan fingerprint density at radius 2 is 2.12 bits per heavy atom. The lowest BCUT2D eigenvalue weighted by atomic mass is 9.95. The van der Waals surface area contributed by atoms with Crippen molar-refractivity contribution in [2.24, 2.45) is 0 Å². The molecular weight excluding hydrogens is 332 g/mol. The van der Waals surface area contributed by atoms with Crippen molar-refractivity contribution in [3.05, 3.63) is 57.7 Å². The minimum Gasteiger partial charge on any atom is -0.423 e. The van der Waals surface area contributed by atoms with Crippen molar-refractivity contribution in [3.63, 3.8) is 0 Å². The molecule has 3 aromatic rings. The topological polar surface area (TPSA) is 48.0 Å². The van der Waals surface area contributed by atoms with E-state index in [9.17, 15) is 4.79 Å². The zero-order valence-electron chi connectivity index (χ0n) is 14.8. The summed E-state index contributed by atoms with van der Waals surface area (Å²) in [6.45, 7) is 6.45. The summed E-state index contributed by atoms with van der Waals surface area (Å²) in [7, 11) is 0. The average Bonchev–Trinajstić information content (AvgIpc) is 3.29. The highest BCUT2D eigenvalue weighted by Gasteiger charge is 2.25. The highest BCUT2D eigenvalue weighted by Crippen LogP contribution is 2.38. The van der Waals surface area contributed by atoms with Crippen LogP contribution in [0.5, 0.6) is 0 Å². The number of imidazole rings is 1. The fourth-order valence-electron chi connectivity index (χ4n) is 3.32. The number of nitrogens with zero attached hydrogens (tertiary/aromatic N) is 2. The molecule has 130 valence electrons. The fourth-order valence-corrected chi connectivity index (χ4v) is 4.33. The molecule has 0 atom stereocenters. The molecule has 0 saturated heterocycles.